The molecular formula is C13H15F3N2O2. The Bertz CT molecular complexity index is 481. The molecule has 1 amide bonds. The van der Waals surface area contributed by atoms with Crippen LogP contribution in [-0.4, -0.2) is 25.2 Å². The molecule has 20 heavy (non-hydrogen) atoms. The van der Waals surface area contributed by atoms with Crippen LogP contribution in [0.25, 0.3) is 0 Å². The van der Waals surface area contributed by atoms with Crippen LogP contribution in [0.15, 0.2) is 24.3 Å². The van der Waals surface area contributed by atoms with Crippen LogP contribution in [0, 0.1) is 5.41 Å². The van der Waals surface area contributed by atoms with Crippen LogP contribution in [0.1, 0.15) is 12.8 Å². The molecule has 110 valence electrons. The minimum atomic E-state index is -4.37. The Hall–Kier alpha value is -1.76. The molecule has 0 unspecified atom stereocenters. The molecule has 0 saturated heterocycles. The highest BCUT2D eigenvalue weighted by Gasteiger charge is 2.48. The van der Waals surface area contributed by atoms with Crippen molar-refractivity contribution in [1.82, 2.24) is 0 Å². The van der Waals surface area contributed by atoms with E-state index in [0.29, 0.717) is 12.2 Å². The number of nitrogens with two attached hydrogens (primary N) is 1. The zero-order chi connectivity index (χ0) is 14.8. The van der Waals surface area contributed by atoms with Gasteiger partial charge in [-0.2, -0.15) is 13.2 Å². The molecule has 4 nitrogen and oxygen atoms in total. The van der Waals surface area contributed by atoms with Crippen molar-refractivity contribution in [1.29, 1.82) is 0 Å². The first-order valence-electron chi connectivity index (χ1n) is 6.16. The summed E-state index contributed by atoms with van der Waals surface area (Å²) in [4.78, 5) is 11.9. The molecule has 3 N–H and O–H groups in total. The van der Waals surface area contributed by atoms with Crippen LogP contribution < -0.4 is 15.8 Å². The van der Waals surface area contributed by atoms with E-state index in [0.717, 1.165) is 12.8 Å². The SMILES string of the molecule is NCC1(C(=O)Nc2ccc(OCC(F)(F)F)cc2)CC1. The van der Waals surface area contributed by atoms with E-state index in [1.165, 1.54) is 24.3 Å². The third-order valence-electron chi connectivity index (χ3n) is 3.24. The van der Waals surface area contributed by atoms with Gasteiger partial charge in [-0.15, -0.1) is 0 Å². The Labute approximate surface area is 114 Å². The highest BCUT2D eigenvalue weighted by Crippen LogP contribution is 2.45. The summed E-state index contributed by atoms with van der Waals surface area (Å²) in [6.45, 7) is -1.04. The van der Waals surface area contributed by atoms with Crippen molar-refractivity contribution in [2.45, 2.75) is 19.0 Å². The summed E-state index contributed by atoms with van der Waals surface area (Å²) in [6, 6.07) is 5.75. The number of alkyl halides is 3. The first kappa shape index (κ1) is 14.6. The van der Waals surface area contributed by atoms with E-state index in [-0.39, 0.29) is 11.7 Å². The van der Waals surface area contributed by atoms with E-state index in [2.05, 4.69) is 10.1 Å². The van der Waals surface area contributed by atoms with Gasteiger partial charge in [-0.25, -0.2) is 0 Å². The largest absolute Gasteiger partial charge is 0.484 e. The number of anilines is 1. The fourth-order valence-electron chi connectivity index (χ4n) is 1.74. The number of ether oxygens (including phenoxy) is 1. The molecule has 1 aromatic rings. The third kappa shape index (κ3) is 3.63. The quantitative estimate of drug-likeness (QED) is 0.874. The van der Waals surface area contributed by atoms with E-state index < -0.39 is 18.2 Å². The second-order valence-electron chi connectivity index (χ2n) is 4.87. The lowest BCUT2D eigenvalue weighted by Crippen LogP contribution is -2.30. The lowest BCUT2D eigenvalue weighted by molar-refractivity contribution is -0.153. The van der Waals surface area contributed by atoms with Gasteiger partial charge in [-0.05, 0) is 37.1 Å². The predicted octanol–water partition coefficient (Wildman–Crippen LogP) is 2.31. The first-order valence-corrected chi connectivity index (χ1v) is 6.16. The van der Waals surface area contributed by atoms with Crippen molar-refractivity contribution in [2.75, 3.05) is 18.5 Å². The molecule has 0 atom stereocenters. The molecule has 7 heteroatoms. The van der Waals surface area contributed by atoms with Crippen LogP contribution in [0.5, 0.6) is 5.75 Å². The van der Waals surface area contributed by atoms with Crippen molar-refractivity contribution >= 4 is 11.6 Å². The highest BCUT2D eigenvalue weighted by molar-refractivity contribution is 5.97. The third-order valence-corrected chi connectivity index (χ3v) is 3.24. The second kappa shape index (κ2) is 5.32. The van der Waals surface area contributed by atoms with E-state index >= 15 is 0 Å². The van der Waals surface area contributed by atoms with Gasteiger partial charge < -0.3 is 15.8 Å². The Morgan fingerprint density at radius 1 is 1.30 bits per heavy atom. The van der Waals surface area contributed by atoms with Gasteiger partial charge in [0.15, 0.2) is 6.61 Å². The summed E-state index contributed by atoms with van der Waals surface area (Å²) in [5.74, 6) is -0.0516. The molecule has 1 fully saturated rings. The molecule has 0 aromatic heterocycles. The summed E-state index contributed by atoms with van der Waals surface area (Å²) in [5, 5.41) is 2.70. The molecule has 1 saturated carbocycles. The Balaban J connectivity index is 1.90. The van der Waals surface area contributed by atoms with Crippen LogP contribution in [0.2, 0.25) is 0 Å². The topological polar surface area (TPSA) is 64.4 Å². The molecule has 0 spiro atoms. The summed E-state index contributed by atoms with van der Waals surface area (Å²) in [7, 11) is 0. The van der Waals surface area contributed by atoms with Crippen molar-refractivity contribution in [3.05, 3.63) is 24.3 Å². The number of benzene rings is 1. The number of carbonyl (C=O) groups excluding carboxylic acids is 1. The van der Waals surface area contributed by atoms with E-state index in [9.17, 15) is 18.0 Å². The number of amides is 1. The first-order chi connectivity index (χ1) is 9.35. The molecule has 0 aliphatic heterocycles. The lowest BCUT2D eigenvalue weighted by Gasteiger charge is -2.13. The standard InChI is InChI=1S/C13H15F3N2O2/c14-13(15,16)8-20-10-3-1-9(2-4-10)18-11(19)12(7-17)5-6-12/h1-4H,5-8,17H2,(H,18,19). The van der Waals surface area contributed by atoms with E-state index in [1.807, 2.05) is 0 Å². The highest BCUT2D eigenvalue weighted by atomic mass is 19.4. The Morgan fingerprint density at radius 2 is 1.90 bits per heavy atom. The average molecular weight is 288 g/mol. The summed E-state index contributed by atoms with van der Waals surface area (Å²) in [6.07, 6.45) is -2.84. The van der Waals surface area contributed by atoms with Crippen molar-refractivity contribution < 1.29 is 22.7 Å². The van der Waals surface area contributed by atoms with Crippen LogP contribution in [0.3, 0.4) is 0 Å². The molecule has 1 aliphatic rings. The minimum Gasteiger partial charge on any atom is -0.484 e. The number of nitrogens with one attached hydrogen (secondary N) is 1. The number of carbonyl (C=O) groups is 1. The maximum absolute atomic E-state index is 12.0. The maximum Gasteiger partial charge on any atom is 0.422 e. The molecular weight excluding hydrogens is 273 g/mol. The zero-order valence-electron chi connectivity index (χ0n) is 10.7. The molecule has 0 bridgehead atoms. The number of rotatable bonds is 5. The summed E-state index contributed by atoms with van der Waals surface area (Å²) in [5.41, 5.74) is 5.58. The van der Waals surface area contributed by atoms with Crippen molar-refractivity contribution in [3.63, 3.8) is 0 Å². The van der Waals surface area contributed by atoms with Gasteiger partial charge >= 0.3 is 6.18 Å². The van der Waals surface area contributed by atoms with E-state index in [1.54, 1.807) is 0 Å². The fourth-order valence-corrected chi connectivity index (χ4v) is 1.74. The van der Waals surface area contributed by atoms with Gasteiger partial charge in [0.1, 0.15) is 5.75 Å². The van der Waals surface area contributed by atoms with Gasteiger partial charge in [-0.1, -0.05) is 0 Å². The lowest BCUT2D eigenvalue weighted by atomic mass is 10.1. The average Bonchev–Trinajstić information content (AvgIpc) is 3.18. The zero-order valence-corrected chi connectivity index (χ0v) is 10.7. The van der Waals surface area contributed by atoms with Gasteiger partial charge in [0.25, 0.3) is 0 Å². The number of halogens is 3. The van der Waals surface area contributed by atoms with Gasteiger partial charge in [0.05, 0.1) is 5.41 Å². The molecule has 1 aromatic carbocycles. The van der Waals surface area contributed by atoms with E-state index in [4.69, 9.17) is 5.73 Å². The fraction of sp³-hybridized carbons (Fsp3) is 0.462. The monoisotopic (exact) mass is 288 g/mol. The van der Waals surface area contributed by atoms with Crippen molar-refractivity contribution in [2.24, 2.45) is 11.1 Å². The maximum atomic E-state index is 12.0. The minimum absolute atomic E-state index is 0.0975. The normalized spacial score (nSPS) is 16.6. The molecule has 0 heterocycles. The number of hydrogen-bond donors (Lipinski definition) is 2. The van der Waals surface area contributed by atoms with Gasteiger partial charge in [0.2, 0.25) is 5.91 Å². The smallest absolute Gasteiger partial charge is 0.422 e. The van der Waals surface area contributed by atoms with Crippen molar-refractivity contribution in [3.8, 4) is 5.75 Å². The molecule has 1 aliphatic carbocycles. The van der Waals surface area contributed by atoms with Gasteiger partial charge in [-0.3, -0.25) is 4.79 Å². The predicted molar refractivity (Wildman–Crippen MR) is 67.3 cm³/mol. The van der Waals surface area contributed by atoms with Gasteiger partial charge in [0, 0.05) is 12.2 Å². The summed E-state index contributed by atoms with van der Waals surface area (Å²) >= 11 is 0. The number of hydrogen-bond acceptors (Lipinski definition) is 3. The Kier molecular flexibility index (Phi) is 3.89. The van der Waals surface area contributed by atoms with Crippen LogP contribution in [-0.2, 0) is 4.79 Å². The molecule has 0 radical (unpaired) electrons. The Morgan fingerprint density at radius 3 is 2.35 bits per heavy atom. The van der Waals surface area contributed by atoms with Crippen LogP contribution >= 0.6 is 0 Å². The van der Waals surface area contributed by atoms with Crippen LogP contribution in [0.4, 0.5) is 18.9 Å². The molecule has 2 rings (SSSR count). The second-order valence-corrected chi connectivity index (χ2v) is 4.87. The summed E-state index contributed by atoms with van der Waals surface area (Å²) < 4.78 is 40.5.